The topological polar surface area (TPSA) is 47.3 Å². The van der Waals surface area contributed by atoms with Crippen LogP contribution in [0, 0.1) is 0 Å². The maximum Gasteiger partial charge on any atom is 0.0638 e. The molecule has 1 aromatic carbocycles. The predicted molar refractivity (Wildman–Crippen MR) is 75.0 cm³/mol. The minimum atomic E-state index is 0.0301. The fourth-order valence-electron chi connectivity index (χ4n) is 2.64. The van der Waals surface area contributed by atoms with Crippen molar-refractivity contribution in [2.75, 3.05) is 25.5 Å². The quantitative estimate of drug-likeness (QED) is 0.854. The number of morpholine rings is 1. The number of nitrogens with one attached hydrogen (secondary N) is 1. The van der Waals surface area contributed by atoms with Crippen molar-refractivity contribution in [3.63, 3.8) is 0 Å². The van der Waals surface area contributed by atoms with Crippen LogP contribution in [0.2, 0.25) is 0 Å². The third-order valence-corrected chi connectivity index (χ3v) is 4.90. The van der Waals surface area contributed by atoms with E-state index in [1.165, 1.54) is 34.6 Å². The average Bonchev–Trinajstić information content (AvgIpc) is 2.47. The molecule has 0 radical (unpaired) electrons. The van der Waals surface area contributed by atoms with Crippen molar-refractivity contribution in [1.82, 2.24) is 5.32 Å². The van der Waals surface area contributed by atoms with E-state index in [1.54, 1.807) is 0 Å². The first-order chi connectivity index (χ1) is 8.84. The molecule has 2 aliphatic heterocycles. The minimum absolute atomic E-state index is 0.0301. The van der Waals surface area contributed by atoms with Gasteiger partial charge in [0.05, 0.1) is 13.2 Å². The molecular weight excluding hydrogens is 244 g/mol. The Labute approximate surface area is 112 Å². The van der Waals surface area contributed by atoms with Crippen LogP contribution in [-0.2, 0) is 11.2 Å². The van der Waals surface area contributed by atoms with E-state index in [1.807, 2.05) is 11.8 Å². The Bertz CT molecular complexity index is 418. The van der Waals surface area contributed by atoms with E-state index in [2.05, 4.69) is 23.5 Å². The summed E-state index contributed by atoms with van der Waals surface area (Å²) in [4.78, 5) is 1.44. The zero-order valence-electron chi connectivity index (χ0n) is 10.5. The summed E-state index contributed by atoms with van der Waals surface area (Å²) in [5, 5.41) is 3.44. The third-order valence-electron chi connectivity index (χ3n) is 3.70. The van der Waals surface area contributed by atoms with Gasteiger partial charge in [-0.3, -0.25) is 0 Å². The zero-order chi connectivity index (χ0) is 12.4. The van der Waals surface area contributed by atoms with Gasteiger partial charge in [-0.1, -0.05) is 12.1 Å². The molecule has 1 aromatic rings. The summed E-state index contributed by atoms with van der Waals surface area (Å²) in [7, 11) is 0. The standard InChI is InChI=1S/C14H20N2OS/c15-14(12-9-17-6-5-16-12)11-3-4-13-10(8-11)2-1-7-18-13/h3-4,8,12,14,16H,1-2,5-7,9,15H2. The van der Waals surface area contributed by atoms with Crippen LogP contribution in [0.5, 0.6) is 0 Å². The lowest BCUT2D eigenvalue weighted by atomic mass is 9.97. The van der Waals surface area contributed by atoms with Crippen molar-refractivity contribution in [2.45, 2.75) is 29.8 Å². The van der Waals surface area contributed by atoms with Gasteiger partial charge in [0.15, 0.2) is 0 Å². The molecule has 1 saturated heterocycles. The molecule has 0 bridgehead atoms. The van der Waals surface area contributed by atoms with Crippen LogP contribution < -0.4 is 11.1 Å². The molecule has 1 fully saturated rings. The summed E-state index contributed by atoms with van der Waals surface area (Å²) >= 11 is 1.96. The molecule has 2 heterocycles. The second-order valence-corrected chi connectivity index (χ2v) is 6.12. The molecule has 3 N–H and O–H groups in total. The van der Waals surface area contributed by atoms with Gasteiger partial charge >= 0.3 is 0 Å². The smallest absolute Gasteiger partial charge is 0.0638 e. The van der Waals surface area contributed by atoms with Crippen LogP contribution in [0.4, 0.5) is 0 Å². The molecule has 0 amide bonds. The van der Waals surface area contributed by atoms with E-state index in [-0.39, 0.29) is 12.1 Å². The average molecular weight is 264 g/mol. The number of aryl methyl sites for hydroxylation is 1. The summed E-state index contributed by atoms with van der Waals surface area (Å²) in [5.41, 5.74) is 9.06. The van der Waals surface area contributed by atoms with Crippen molar-refractivity contribution in [2.24, 2.45) is 5.73 Å². The van der Waals surface area contributed by atoms with E-state index in [9.17, 15) is 0 Å². The van der Waals surface area contributed by atoms with Crippen LogP contribution in [0.25, 0.3) is 0 Å². The van der Waals surface area contributed by atoms with Gasteiger partial charge in [0.25, 0.3) is 0 Å². The summed E-state index contributed by atoms with van der Waals surface area (Å²) in [6, 6.07) is 6.98. The van der Waals surface area contributed by atoms with Gasteiger partial charge in [0.1, 0.15) is 0 Å². The van der Waals surface area contributed by atoms with E-state index in [4.69, 9.17) is 10.5 Å². The Morgan fingerprint density at radius 2 is 2.39 bits per heavy atom. The molecule has 2 aliphatic rings. The Kier molecular flexibility index (Phi) is 3.89. The second kappa shape index (κ2) is 5.61. The third kappa shape index (κ3) is 2.57. The highest BCUT2D eigenvalue weighted by molar-refractivity contribution is 7.99. The van der Waals surface area contributed by atoms with Gasteiger partial charge in [-0.2, -0.15) is 0 Å². The molecule has 98 valence electrons. The lowest BCUT2D eigenvalue weighted by Crippen LogP contribution is -2.47. The number of hydrogen-bond donors (Lipinski definition) is 2. The fourth-order valence-corrected chi connectivity index (χ4v) is 3.66. The predicted octanol–water partition coefficient (Wildman–Crippen LogP) is 1.71. The van der Waals surface area contributed by atoms with Crippen LogP contribution in [0.3, 0.4) is 0 Å². The molecule has 2 unspecified atom stereocenters. The van der Waals surface area contributed by atoms with E-state index in [0.29, 0.717) is 6.61 Å². The fraction of sp³-hybridized carbons (Fsp3) is 0.571. The van der Waals surface area contributed by atoms with Crippen LogP contribution in [0.15, 0.2) is 23.1 Å². The summed E-state index contributed by atoms with van der Waals surface area (Å²) in [6.45, 7) is 2.41. The molecule has 2 atom stereocenters. The van der Waals surface area contributed by atoms with Crippen molar-refractivity contribution in [3.05, 3.63) is 29.3 Å². The van der Waals surface area contributed by atoms with E-state index >= 15 is 0 Å². The first-order valence-corrected chi connectivity index (χ1v) is 7.65. The Morgan fingerprint density at radius 3 is 3.22 bits per heavy atom. The Balaban J connectivity index is 1.78. The lowest BCUT2D eigenvalue weighted by molar-refractivity contribution is 0.0685. The molecule has 0 aromatic heterocycles. The van der Waals surface area contributed by atoms with Crippen molar-refractivity contribution in [3.8, 4) is 0 Å². The van der Waals surface area contributed by atoms with Gasteiger partial charge < -0.3 is 15.8 Å². The molecular formula is C14H20N2OS. The van der Waals surface area contributed by atoms with Gasteiger partial charge in [-0.05, 0) is 35.8 Å². The minimum Gasteiger partial charge on any atom is -0.378 e. The first-order valence-electron chi connectivity index (χ1n) is 6.67. The number of fused-ring (bicyclic) bond motifs is 1. The normalized spacial score (nSPS) is 25.5. The molecule has 18 heavy (non-hydrogen) atoms. The summed E-state index contributed by atoms with van der Waals surface area (Å²) < 4.78 is 5.49. The van der Waals surface area contributed by atoms with Gasteiger partial charge in [-0.25, -0.2) is 0 Å². The van der Waals surface area contributed by atoms with E-state index < -0.39 is 0 Å². The largest absolute Gasteiger partial charge is 0.378 e. The maximum absolute atomic E-state index is 6.35. The maximum atomic E-state index is 6.35. The number of ether oxygens (including phenoxy) is 1. The molecule has 0 aliphatic carbocycles. The number of hydrogen-bond acceptors (Lipinski definition) is 4. The van der Waals surface area contributed by atoms with Gasteiger partial charge in [0.2, 0.25) is 0 Å². The summed E-state index contributed by atoms with van der Waals surface area (Å²) in [5.74, 6) is 1.25. The number of rotatable bonds is 2. The van der Waals surface area contributed by atoms with Crippen molar-refractivity contribution in [1.29, 1.82) is 0 Å². The zero-order valence-corrected chi connectivity index (χ0v) is 11.3. The van der Waals surface area contributed by atoms with Gasteiger partial charge in [-0.15, -0.1) is 11.8 Å². The monoisotopic (exact) mass is 264 g/mol. The highest BCUT2D eigenvalue weighted by Gasteiger charge is 2.23. The van der Waals surface area contributed by atoms with Gasteiger partial charge in [0, 0.05) is 23.5 Å². The molecule has 0 spiro atoms. The lowest BCUT2D eigenvalue weighted by Gasteiger charge is -2.29. The van der Waals surface area contributed by atoms with Crippen LogP contribution in [-0.4, -0.2) is 31.6 Å². The van der Waals surface area contributed by atoms with Crippen LogP contribution in [0.1, 0.15) is 23.6 Å². The number of nitrogens with two attached hydrogens (primary N) is 1. The highest BCUT2D eigenvalue weighted by Crippen LogP contribution is 2.32. The van der Waals surface area contributed by atoms with Crippen LogP contribution >= 0.6 is 11.8 Å². The highest BCUT2D eigenvalue weighted by atomic mass is 32.2. The first kappa shape index (κ1) is 12.5. The van der Waals surface area contributed by atoms with Crippen molar-refractivity contribution < 1.29 is 4.74 Å². The molecule has 0 saturated carbocycles. The SMILES string of the molecule is NC(c1ccc2c(c1)CCCS2)C1COCCN1. The molecule has 3 rings (SSSR count). The van der Waals surface area contributed by atoms with E-state index in [0.717, 1.165) is 13.2 Å². The molecule has 3 nitrogen and oxygen atoms in total. The number of benzene rings is 1. The Morgan fingerprint density at radius 1 is 1.44 bits per heavy atom. The number of thioether (sulfide) groups is 1. The molecule has 4 heteroatoms. The summed E-state index contributed by atoms with van der Waals surface area (Å²) in [6.07, 6.45) is 2.47. The second-order valence-electron chi connectivity index (χ2n) is 4.98. The Hall–Kier alpha value is -0.550. The van der Waals surface area contributed by atoms with Crippen molar-refractivity contribution >= 4 is 11.8 Å².